The van der Waals surface area contributed by atoms with Gasteiger partial charge in [-0.2, -0.15) is 0 Å². The Morgan fingerprint density at radius 1 is 1.28 bits per heavy atom. The zero-order chi connectivity index (χ0) is 13.1. The van der Waals surface area contributed by atoms with Gasteiger partial charge in [0.1, 0.15) is 6.54 Å². The number of Topliss-reactive ketones (excluding diaryl/α,β-unsaturated/α-hetero) is 1. The number of carbonyl (C=O) groups excluding carboxylic acids is 1. The molecular weight excluding hydrogens is 252 g/mol. The summed E-state index contributed by atoms with van der Waals surface area (Å²) in [4.78, 5) is 36.2. The molecule has 2 aromatic rings. The van der Waals surface area contributed by atoms with Crippen molar-refractivity contribution in [3.63, 3.8) is 0 Å². The van der Waals surface area contributed by atoms with Crippen molar-refractivity contribution in [2.75, 3.05) is 0 Å². The third-order valence-electron chi connectivity index (χ3n) is 2.48. The van der Waals surface area contributed by atoms with Crippen molar-refractivity contribution >= 4 is 17.1 Å². The van der Waals surface area contributed by atoms with E-state index in [9.17, 15) is 14.4 Å². The van der Waals surface area contributed by atoms with Crippen molar-refractivity contribution in [3.8, 4) is 0 Å². The van der Waals surface area contributed by atoms with Crippen LogP contribution in [0.4, 0.5) is 0 Å². The maximum atomic E-state index is 11.9. The molecule has 2 aromatic heterocycles. The lowest BCUT2D eigenvalue weighted by Gasteiger charge is -2.02. The summed E-state index contributed by atoms with van der Waals surface area (Å²) < 4.78 is 1.02. The van der Waals surface area contributed by atoms with Crippen LogP contribution in [0.5, 0.6) is 0 Å². The first-order chi connectivity index (χ1) is 8.60. The van der Waals surface area contributed by atoms with Gasteiger partial charge in [0, 0.05) is 17.0 Å². The molecule has 0 aromatic carbocycles. The average molecular weight is 264 g/mol. The predicted molar refractivity (Wildman–Crippen MR) is 69.4 cm³/mol. The molecule has 0 bridgehead atoms. The fourth-order valence-corrected chi connectivity index (χ4v) is 2.40. The van der Waals surface area contributed by atoms with E-state index in [1.165, 1.54) is 11.3 Å². The van der Waals surface area contributed by atoms with Crippen LogP contribution >= 0.6 is 11.3 Å². The van der Waals surface area contributed by atoms with Crippen molar-refractivity contribution < 1.29 is 4.79 Å². The summed E-state index contributed by atoms with van der Waals surface area (Å²) in [6.07, 6.45) is 0.875. The van der Waals surface area contributed by atoms with E-state index < -0.39 is 11.1 Å². The Bertz CT molecular complexity index is 681. The van der Waals surface area contributed by atoms with E-state index in [0.29, 0.717) is 4.88 Å². The summed E-state index contributed by atoms with van der Waals surface area (Å²) >= 11 is 1.41. The van der Waals surface area contributed by atoms with E-state index in [2.05, 4.69) is 5.10 Å². The number of aromatic amines is 1. The van der Waals surface area contributed by atoms with Crippen LogP contribution in [0.2, 0.25) is 0 Å². The van der Waals surface area contributed by atoms with E-state index in [4.69, 9.17) is 0 Å². The monoisotopic (exact) mass is 264 g/mol. The molecule has 0 atom stereocenters. The standard InChI is InChI=1S/C12H12N2O3S/c1-2-8-3-4-10(18-8)9(15)7-14-12(17)6-5-11(16)13-14/h3-6H,2,7H2,1H3,(H,13,16). The van der Waals surface area contributed by atoms with Crippen LogP contribution in [0.15, 0.2) is 33.9 Å². The Labute approximate surface area is 107 Å². The number of aromatic nitrogens is 2. The van der Waals surface area contributed by atoms with E-state index in [-0.39, 0.29) is 12.3 Å². The van der Waals surface area contributed by atoms with Crippen molar-refractivity contribution in [1.82, 2.24) is 9.78 Å². The molecule has 5 nitrogen and oxygen atoms in total. The normalized spacial score (nSPS) is 10.5. The summed E-state index contributed by atoms with van der Waals surface area (Å²) in [7, 11) is 0. The van der Waals surface area contributed by atoms with Crippen LogP contribution < -0.4 is 11.1 Å². The minimum Gasteiger partial charge on any atom is -0.291 e. The SMILES string of the molecule is CCc1ccc(C(=O)Cn2[nH]c(=O)ccc2=O)s1. The molecule has 0 saturated carbocycles. The van der Waals surface area contributed by atoms with Gasteiger partial charge in [-0.1, -0.05) is 6.92 Å². The Balaban J connectivity index is 2.23. The number of nitrogens with zero attached hydrogens (tertiary/aromatic N) is 1. The zero-order valence-electron chi connectivity index (χ0n) is 9.80. The van der Waals surface area contributed by atoms with Gasteiger partial charge >= 0.3 is 0 Å². The first-order valence-corrected chi connectivity index (χ1v) is 6.34. The summed E-state index contributed by atoms with van der Waals surface area (Å²) in [6.45, 7) is 1.87. The molecule has 0 radical (unpaired) electrons. The number of nitrogens with one attached hydrogen (secondary N) is 1. The van der Waals surface area contributed by atoms with Crippen LogP contribution in [0.25, 0.3) is 0 Å². The van der Waals surface area contributed by atoms with E-state index in [1.54, 1.807) is 6.07 Å². The molecule has 2 heterocycles. The second kappa shape index (κ2) is 5.14. The van der Waals surface area contributed by atoms with Crippen molar-refractivity contribution in [1.29, 1.82) is 0 Å². The first-order valence-electron chi connectivity index (χ1n) is 5.52. The van der Waals surface area contributed by atoms with Gasteiger partial charge in [0.2, 0.25) is 0 Å². The second-order valence-electron chi connectivity index (χ2n) is 3.78. The highest BCUT2D eigenvalue weighted by molar-refractivity contribution is 7.14. The molecule has 0 fully saturated rings. The topological polar surface area (TPSA) is 71.9 Å². The summed E-state index contributed by atoms with van der Waals surface area (Å²) in [5.74, 6) is -0.177. The van der Waals surface area contributed by atoms with Gasteiger partial charge in [0.15, 0.2) is 5.78 Å². The highest BCUT2D eigenvalue weighted by atomic mass is 32.1. The molecule has 6 heteroatoms. The largest absolute Gasteiger partial charge is 0.291 e. The third-order valence-corrected chi connectivity index (χ3v) is 3.75. The summed E-state index contributed by atoms with van der Waals surface area (Å²) in [6, 6.07) is 5.94. The number of H-pyrrole nitrogens is 1. The van der Waals surface area contributed by atoms with Crippen LogP contribution in [-0.4, -0.2) is 15.6 Å². The number of hydrogen-bond donors (Lipinski definition) is 1. The number of thiophene rings is 1. The van der Waals surface area contributed by atoms with Gasteiger partial charge in [0.25, 0.3) is 11.1 Å². The Kier molecular flexibility index (Phi) is 3.57. The van der Waals surface area contributed by atoms with Crippen LogP contribution in [0.3, 0.4) is 0 Å². The maximum absolute atomic E-state index is 11.9. The molecule has 0 spiro atoms. The average Bonchev–Trinajstić information content (AvgIpc) is 2.82. The molecule has 0 aliphatic carbocycles. The molecule has 1 N–H and O–H groups in total. The van der Waals surface area contributed by atoms with Gasteiger partial charge in [0.05, 0.1) is 4.88 Å². The molecule has 0 amide bonds. The highest BCUT2D eigenvalue weighted by Gasteiger charge is 2.10. The number of hydrogen-bond acceptors (Lipinski definition) is 4. The first kappa shape index (κ1) is 12.5. The lowest BCUT2D eigenvalue weighted by molar-refractivity contribution is 0.0969. The van der Waals surface area contributed by atoms with E-state index >= 15 is 0 Å². The van der Waals surface area contributed by atoms with Gasteiger partial charge in [-0.25, -0.2) is 4.68 Å². The van der Waals surface area contributed by atoms with Crippen molar-refractivity contribution in [3.05, 3.63) is 54.7 Å². The van der Waals surface area contributed by atoms with E-state index in [0.717, 1.165) is 28.1 Å². The van der Waals surface area contributed by atoms with Gasteiger partial charge < -0.3 is 0 Å². The smallest absolute Gasteiger partial charge is 0.265 e. The maximum Gasteiger partial charge on any atom is 0.265 e. The Morgan fingerprint density at radius 2 is 2.06 bits per heavy atom. The predicted octanol–water partition coefficient (Wildman–Crippen LogP) is 1.04. The number of rotatable bonds is 4. The highest BCUT2D eigenvalue weighted by Crippen LogP contribution is 2.17. The summed E-state index contributed by atoms with van der Waals surface area (Å²) in [5.41, 5.74) is -0.793. The molecule has 94 valence electrons. The lowest BCUT2D eigenvalue weighted by Crippen LogP contribution is -2.30. The molecular formula is C12H12N2O3S. The van der Waals surface area contributed by atoms with Gasteiger partial charge in [-0.05, 0) is 18.6 Å². The molecule has 2 rings (SSSR count). The Hall–Kier alpha value is -1.95. The third kappa shape index (κ3) is 2.65. The fraction of sp³-hybridized carbons (Fsp3) is 0.250. The minimum atomic E-state index is -0.400. The summed E-state index contributed by atoms with van der Waals surface area (Å²) in [5, 5.41) is 2.33. The van der Waals surface area contributed by atoms with Crippen molar-refractivity contribution in [2.45, 2.75) is 19.9 Å². The lowest BCUT2D eigenvalue weighted by atomic mass is 10.3. The van der Waals surface area contributed by atoms with Gasteiger partial charge in [-0.3, -0.25) is 19.5 Å². The molecule has 0 aliphatic rings. The van der Waals surface area contributed by atoms with Gasteiger partial charge in [-0.15, -0.1) is 11.3 Å². The number of carbonyl (C=O) groups is 1. The molecule has 0 unspecified atom stereocenters. The van der Waals surface area contributed by atoms with E-state index in [1.807, 2.05) is 13.0 Å². The molecule has 0 saturated heterocycles. The van der Waals surface area contributed by atoms with Crippen molar-refractivity contribution in [2.24, 2.45) is 0 Å². The van der Waals surface area contributed by atoms with Crippen LogP contribution in [0, 0.1) is 0 Å². The second-order valence-corrected chi connectivity index (χ2v) is 4.94. The minimum absolute atomic E-state index is 0.140. The van der Waals surface area contributed by atoms with Crippen LogP contribution in [0.1, 0.15) is 21.5 Å². The number of aryl methyl sites for hydroxylation is 1. The fourth-order valence-electron chi connectivity index (χ4n) is 1.52. The quantitative estimate of drug-likeness (QED) is 0.839. The zero-order valence-corrected chi connectivity index (χ0v) is 10.6. The number of ketones is 1. The Morgan fingerprint density at radius 3 is 2.72 bits per heavy atom. The molecule has 0 aliphatic heterocycles. The van der Waals surface area contributed by atoms with Crippen LogP contribution in [-0.2, 0) is 13.0 Å². The molecule has 18 heavy (non-hydrogen) atoms.